The average molecular weight is 368 g/mol. The van der Waals surface area contributed by atoms with E-state index in [4.69, 9.17) is 4.74 Å². The van der Waals surface area contributed by atoms with Gasteiger partial charge in [-0.15, -0.1) is 24.8 Å². The van der Waals surface area contributed by atoms with E-state index in [2.05, 4.69) is 10.6 Å². The molecule has 1 aromatic carbocycles. The lowest BCUT2D eigenvalue weighted by atomic mass is 10.0. The third-order valence-electron chi connectivity index (χ3n) is 3.53. The van der Waals surface area contributed by atoms with Crippen molar-refractivity contribution in [1.82, 2.24) is 15.5 Å². The summed E-state index contributed by atoms with van der Waals surface area (Å²) in [5, 5.41) is 5.83. The third kappa shape index (κ3) is 6.24. The number of ether oxygens (including phenoxy) is 1. The Morgan fingerprint density at radius 2 is 1.91 bits per heavy atom. The van der Waals surface area contributed by atoms with Crippen molar-refractivity contribution in [2.75, 3.05) is 46.4 Å². The largest absolute Gasteiger partial charge is 0.379 e. The smallest absolute Gasteiger partial charge is 0.242 e. The number of amides is 1. The average Bonchev–Trinajstić information content (AvgIpc) is 2.51. The summed E-state index contributed by atoms with van der Waals surface area (Å²) in [6.45, 7) is 3.57. The zero-order chi connectivity index (χ0) is 15.1. The number of benzene rings is 1. The lowest BCUT2D eigenvalue weighted by Crippen LogP contribution is -2.47. The number of hydrogen-bond acceptors (Lipinski definition) is 4. The second-order valence-electron chi connectivity index (χ2n) is 4.97. The molecule has 1 aliphatic heterocycles. The highest BCUT2D eigenvalue weighted by atomic mass is 35.5. The Morgan fingerprint density at radius 3 is 2.52 bits per heavy atom. The van der Waals surface area contributed by atoms with Gasteiger partial charge in [0.05, 0.1) is 13.2 Å². The van der Waals surface area contributed by atoms with Gasteiger partial charge in [-0.05, 0) is 13.1 Å². The summed E-state index contributed by atoms with van der Waals surface area (Å²) in [5.74, 6) is -0.519. The molecule has 23 heavy (non-hydrogen) atoms. The second kappa shape index (κ2) is 11.6. The first-order chi connectivity index (χ1) is 10.2. The van der Waals surface area contributed by atoms with Gasteiger partial charge in [-0.3, -0.25) is 9.69 Å². The molecule has 0 aromatic heterocycles. The number of likely N-dealkylation sites (N-methyl/N-ethyl adjacent to an activating group) is 1. The highest BCUT2D eigenvalue weighted by Gasteiger charge is 2.30. The van der Waals surface area contributed by atoms with Crippen molar-refractivity contribution < 1.29 is 13.9 Å². The quantitative estimate of drug-likeness (QED) is 0.745. The zero-order valence-electron chi connectivity index (χ0n) is 13.1. The number of nitrogens with one attached hydrogen (secondary N) is 2. The lowest BCUT2D eigenvalue weighted by molar-refractivity contribution is -0.128. The maximum Gasteiger partial charge on any atom is 0.242 e. The summed E-state index contributed by atoms with van der Waals surface area (Å²) in [4.78, 5) is 14.5. The van der Waals surface area contributed by atoms with Crippen LogP contribution in [-0.4, -0.2) is 57.2 Å². The van der Waals surface area contributed by atoms with E-state index in [9.17, 15) is 9.18 Å². The molecule has 0 bridgehead atoms. The molecule has 1 atom stereocenters. The summed E-state index contributed by atoms with van der Waals surface area (Å²) >= 11 is 0. The number of carbonyl (C=O) groups is 1. The van der Waals surface area contributed by atoms with Crippen LogP contribution in [0.5, 0.6) is 0 Å². The van der Waals surface area contributed by atoms with E-state index < -0.39 is 6.04 Å². The fourth-order valence-electron chi connectivity index (χ4n) is 2.44. The van der Waals surface area contributed by atoms with Crippen LogP contribution in [0.1, 0.15) is 11.6 Å². The van der Waals surface area contributed by atoms with Crippen molar-refractivity contribution in [1.29, 1.82) is 0 Å². The van der Waals surface area contributed by atoms with Crippen molar-refractivity contribution in [2.24, 2.45) is 0 Å². The molecule has 0 aliphatic carbocycles. The predicted octanol–water partition coefficient (Wildman–Crippen LogP) is 1.38. The fraction of sp³-hybridized carbons (Fsp3) is 0.533. The highest BCUT2D eigenvalue weighted by molar-refractivity contribution is 5.85. The Morgan fingerprint density at radius 1 is 1.26 bits per heavy atom. The maximum absolute atomic E-state index is 14.1. The number of halogens is 3. The summed E-state index contributed by atoms with van der Waals surface area (Å²) in [6, 6.07) is 5.85. The van der Waals surface area contributed by atoms with Crippen LogP contribution in [0.2, 0.25) is 0 Å². The van der Waals surface area contributed by atoms with Crippen molar-refractivity contribution in [3.8, 4) is 0 Å². The minimum Gasteiger partial charge on any atom is -0.379 e. The van der Waals surface area contributed by atoms with Crippen LogP contribution in [0.3, 0.4) is 0 Å². The van der Waals surface area contributed by atoms with E-state index >= 15 is 0 Å². The molecule has 0 radical (unpaired) electrons. The molecular weight excluding hydrogens is 344 g/mol. The van der Waals surface area contributed by atoms with Gasteiger partial charge in [0.1, 0.15) is 11.9 Å². The maximum atomic E-state index is 14.1. The van der Waals surface area contributed by atoms with Crippen molar-refractivity contribution in [2.45, 2.75) is 6.04 Å². The van der Waals surface area contributed by atoms with Gasteiger partial charge in [0.2, 0.25) is 5.91 Å². The SMILES string of the molecule is CNCCNC(=O)C(c1ccccc1F)N1CCOCC1.Cl.Cl. The molecule has 1 aliphatic rings. The molecular formula is C15H24Cl2FN3O2. The Balaban J connectivity index is 0.00000242. The van der Waals surface area contributed by atoms with Crippen LogP contribution in [0.4, 0.5) is 4.39 Å². The van der Waals surface area contributed by atoms with Crippen LogP contribution < -0.4 is 10.6 Å². The lowest BCUT2D eigenvalue weighted by Gasteiger charge is -2.33. The van der Waals surface area contributed by atoms with Crippen LogP contribution in [0.25, 0.3) is 0 Å². The molecule has 2 N–H and O–H groups in total. The number of rotatable bonds is 6. The van der Waals surface area contributed by atoms with Gasteiger partial charge >= 0.3 is 0 Å². The molecule has 2 rings (SSSR count). The van der Waals surface area contributed by atoms with E-state index in [1.54, 1.807) is 18.2 Å². The number of morpholine rings is 1. The van der Waals surface area contributed by atoms with E-state index in [1.165, 1.54) is 6.07 Å². The Bertz CT molecular complexity index is 474. The third-order valence-corrected chi connectivity index (χ3v) is 3.53. The molecule has 8 heteroatoms. The van der Waals surface area contributed by atoms with Gasteiger partial charge in [-0.2, -0.15) is 0 Å². The van der Waals surface area contributed by atoms with Gasteiger partial charge in [0, 0.05) is 31.7 Å². The molecule has 1 saturated heterocycles. The molecule has 0 saturated carbocycles. The van der Waals surface area contributed by atoms with E-state index in [-0.39, 0.29) is 36.5 Å². The highest BCUT2D eigenvalue weighted by Crippen LogP contribution is 2.24. The van der Waals surface area contributed by atoms with E-state index in [1.807, 2.05) is 11.9 Å². The molecule has 1 heterocycles. The van der Waals surface area contributed by atoms with Gasteiger partial charge in [0.15, 0.2) is 0 Å². The molecule has 5 nitrogen and oxygen atoms in total. The van der Waals surface area contributed by atoms with Gasteiger partial charge in [-0.25, -0.2) is 4.39 Å². The van der Waals surface area contributed by atoms with Gasteiger partial charge in [-0.1, -0.05) is 18.2 Å². The predicted molar refractivity (Wildman–Crippen MR) is 93.0 cm³/mol. The summed E-state index contributed by atoms with van der Waals surface area (Å²) < 4.78 is 19.4. The fourth-order valence-corrected chi connectivity index (χ4v) is 2.44. The summed E-state index contributed by atoms with van der Waals surface area (Å²) in [5.41, 5.74) is 0.418. The van der Waals surface area contributed by atoms with E-state index in [0.717, 1.165) is 0 Å². The molecule has 1 amide bonds. The monoisotopic (exact) mass is 367 g/mol. The van der Waals surface area contributed by atoms with Crippen molar-refractivity contribution >= 4 is 30.7 Å². The molecule has 132 valence electrons. The number of carbonyl (C=O) groups excluding carboxylic acids is 1. The van der Waals surface area contributed by atoms with Crippen LogP contribution in [-0.2, 0) is 9.53 Å². The standard InChI is InChI=1S/C15H22FN3O2.2ClH/c1-17-6-7-18-15(20)14(19-8-10-21-11-9-19)12-4-2-3-5-13(12)16;;/h2-5,14,17H,6-11H2,1H3,(H,18,20);2*1H. The summed E-state index contributed by atoms with van der Waals surface area (Å²) in [6.07, 6.45) is 0. The molecule has 1 fully saturated rings. The molecule has 1 unspecified atom stereocenters. The van der Waals surface area contributed by atoms with E-state index in [0.29, 0.717) is 45.0 Å². The Hall–Kier alpha value is -0.920. The first-order valence-corrected chi connectivity index (χ1v) is 7.22. The number of hydrogen-bond donors (Lipinski definition) is 2. The Kier molecular flexibility index (Phi) is 11.1. The zero-order valence-corrected chi connectivity index (χ0v) is 14.7. The minimum atomic E-state index is -0.605. The van der Waals surface area contributed by atoms with Crippen LogP contribution in [0.15, 0.2) is 24.3 Å². The normalized spacial score (nSPS) is 15.9. The molecule has 1 aromatic rings. The van der Waals surface area contributed by atoms with Crippen molar-refractivity contribution in [3.05, 3.63) is 35.6 Å². The first kappa shape index (κ1) is 22.1. The second-order valence-corrected chi connectivity index (χ2v) is 4.97. The topological polar surface area (TPSA) is 53.6 Å². The van der Waals surface area contributed by atoms with Crippen LogP contribution >= 0.6 is 24.8 Å². The first-order valence-electron chi connectivity index (χ1n) is 7.22. The Labute approximate surface area is 148 Å². The number of nitrogens with zero attached hydrogens (tertiary/aromatic N) is 1. The van der Waals surface area contributed by atoms with Gasteiger partial charge < -0.3 is 15.4 Å². The van der Waals surface area contributed by atoms with Crippen LogP contribution in [0, 0.1) is 5.82 Å². The van der Waals surface area contributed by atoms with Crippen molar-refractivity contribution in [3.63, 3.8) is 0 Å². The molecule has 0 spiro atoms. The minimum absolute atomic E-state index is 0. The van der Waals surface area contributed by atoms with Gasteiger partial charge in [0.25, 0.3) is 0 Å². The summed E-state index contributed by atoms with van der Waals surface area (Å²) in [7, 11) is 1.82.